The number of nitrogens with one attached hydrogen (secondary N) is 1. The number of hydrogen-bond acceptors (Lipinski definition) is 4. The van der Waals surface area contributed by atoms with E-state index in [1.165, 1.54) is 0 Å². The maximum atomic E-state index is 13.2. The molecular weight excluding hydrogens is 346 g/mol. The van der Waals surface area contributed by atoms with E-state index in [0.29, 0.717) is 24.4 Å². The van der Waals surface area contributed by atoms with Crippen molar-refractivity contribution in [1.29, 1.82) is 0 Å². The van der Waals surface area contributed by atoms with Gasteiger partial charge >= 0.3 is 0 Å². The lowest BCUT2D eigenvalue weighted by Crippen LogP contribution is -2.53. The van der Waals surface area contributed by atoms with Gasteiger partial charge in [-0.05, 0) is 31.2 Å². The maximum Gasteiger partial charge on any atom is 0.246 e. The normalized spacial score (nSPS) is 30.0. The summed E-state index contributed by atoms with van der Waals surface area (Å²) in [5.74, 6) is 1.72. The quantitative estimate of drug-likeness (QED) is 0.803. The molecule has 138 valence electrons. The molecule has 0 radical (unpaired) electrons. The third-order valence-corrected chi connectivity index (χ3v) is 6.09. The highest BCUT2D eigenvalue weighted by Gasteiger charge is 2.44. The Hall–Kier alpha value is -0.460. The first kappa shape index (κ1) is 19.9. The Morgan fingerprint density at radius 1 is 1.17 bits per heavy atom. The number of thioether (sulfide) groups is 1. The standard InChI is InChI=1S/C17H29N3O2S.ClH/c1-17(2,3)8-15(21)19-11-23-10-14(19)16(22)20-12-4-5-13(20)9-18-7-6-12;/h12-14,18H,4-11H2,1-3H3;1H. The molecule has 0 aromatic heterocycles. The van der Waals surface area contributed by atoms with E-state index in [2.05, 4.69) is 31.0 Å². The topological polar surface area (TPSA) is 52.7 Å². The van der Waals surface area contributed by atoms with Crippen LogP contribution in [0.25, 0.3) is 0 Å². The minimum atomic E-state index is -0.254. The average molecular weight is 376 g/mol. The fourth-order valence-corrected chi connectivity index (χ4v) is 5.13. The van der Waals surface area contributed by atoms with E-state index in [9.17, 15) is 9.59 Å². The monoisotopic (exact) mass is 375 g/mol. The summed E-state index contributed by atoms with van der Waals surface area (Å²) in [6.45, 7) is 8.12. The van der Waals surface area contributed by atoms with Crippen molar-refractivity contribution in [2.24, 2.45) is 5.41 Å². The highest BCUT2D eigenvalue weighted by Crippen LogP contribution is 2.33. The van der Waals surface area contributed by atoms with Crippen molar-refractivity contribution in [2.75, 3.05) is 24.7 Å². The molecule has 0 aliphatic carbocycles. The van der Waals surface area contributed by atoms with Crippen LogP contribution in [0.2, 0.25) is 0 Å². The second kappa shape index (κ2) is 7.83. The molecule has 3 saturated heterocycles. The molecule has 0 spiro atoms. The lowest BCUT2D eigenvalue weighted by Gasteiger charge is -2.34. The molecule has 2 bridgehead atoms. The van der Waals surface area contributed by atoms with Crippen molar-refractivity contribution in [1.82, 2.24) is 15.1 Å². The van der Waals surface area contributed by atoms with E-state index >= 15 is 0 Å². The minimum absolute atomic E-state index is 0. The van der Waals surface area contributed by atoms with Crippen molar-refractivity contribution >= 4 is 36.0 Å². The van der Waals surface area contributed by atoms with Gasteiger partial charge in [-0.1, -0.05) is 20.8 Å². The molecule has 7 heteroatoms. The summed E-state index contributed by atoms with van der Waals surface area (Å²) >= 11 is 1.71. The molecule has 5 nitrogen and oxygen atoms in total. The van der Waals surface area contributed by atoms with Crippen LogP contribution >= 0.6 is 24.2 Å². The molecule has 1 N–H and O–H groups in total. The van der Waals surface area contributed by atoms with Crippen molar-refractivity contribution in [3.8, 4) is 0 Å². The third kappa shape index (κ3) is 4.20. The first-order valence-corrected chi connectivity index (χ1v) is 9.92. The van der Waals surface area contributed by atoms with Crippen LogP contribution in [0.15, 0.2) is 0 Å². The maximum absolute atomic E-state index is 13.2. The van der Waals surface area contributed by atoms with Gasteiger partial charge in [0.05, 0.1) is 5.88 Å². The fourth-order valence-electron chi connectivity index (χ4n) is 3.96. The number of rotatable bonds is 2. The summed E-state index contributed by atoms with van der Waals surface area (Å²) < 4.78 is 0. The Balaban J connectivity index is 0.00000208. The molecule has 3 aliphatic rings. The molecule has 3 fully saturated rings. The van der Waals surface area contributed by atoms with Crippen LogP contribution in [0, 0.1) is 5.41 Å². The Morgan fingerprint density at radius 3 is 2.58 bits per heavy atom. The van der Waals surface area contributed by atoms with Crippen molar-refractivity contribution in [2.45, 2.75) is 64.6 Å². The Labute approximate surface area is 155 Å². The highest BCUT2D eigenvalue weighted by molar-refractivity contribution is 7.99. The minimum Gasteiger partial charge on any atom is -0.334 e. The van der Waals surface area contributed by atoms with Gasteiger partial charge in [0.15, 0.2) is 0 Å². The number of nitrogens with zero attached hydrogens (tertiary/aromatic N) is 2. The lowest BCUT2D eigenvalue weighted by molar-refractivity contribution is -0.146. The highest BCUT2D eigenvalue weighted by atomic mass is 35.5. The van der Waals surface area contributed by atoms with Crippen LogP contribution in [-0.4, -0.2) is 64.5 Å². The van der Waals surface area contributed by atoms with Gasteiger partial charge in [0.1, 0.15) is 6.04 Å². The Morgan fingerprint density at radius 2 is 1.88 bits per heavy atom. The van der Waals surface area contributed by atoms with Crippen molar-refractivity contribution in [3.63, 3.8) is 0 Å². The summed E-state index contributed by atoms with van der Waals surface area (Å²) in [5, 5.41) is 3.44. The third-order valence-electron chi connectivity index (χ3n) is 5.08. The fraction of sp³-hybridized carbons (Fsp3) is 0.882. The van der Waals surface area contributed by atoms with E-state index in [0.717, 1.165) is 38.1 Å². The van der Waals surface area contributed by atoms with Gasteiger partial charge in [-0.2, -0.15) is 0 Å². The van der Waals surface area contributed by atoms with Crippen LogP contribution in [0.3, 0.4) is 0 Å². The molecule has 3 heterocycles. The zero-order valence-corrected chi connectivity index (χ0v) is 16.5. The van der Waals surface area contributed by atoms with Gasteiger partial charge in [0.25, 0.3) is 0 Å². The summed E-state index contributed by atoms with van der Waals surface area (Å²) in [6, 6.07) is 0.434. The molecule has 3 rings (SSSR count). The Kier molecular flexibility index (Phi) is 6.48. The average Bonchev–Trinajstić information content (AvgIpc) is 3.00. The molecule has 2 amide bonds. The number of carbonyl (C=O) groups is 2. The first-order chi connectivity index (χ1) is 10.9. The van der Waals surface area contributed by atoms with E-state index in [4.69, 9.17) is 0 Å². The summed E-state index contributed by atoms with van der Waals surface area (Å²) in [7, 11) is 0. The number of carbonyl (C=O) groups excluding carboxylic acids is 2. The Bertz CT molecular complexity index is 469. The predicted octanol–water partition coefficient (Wildman–Crippen LogP) is 2.10. The number of fused-ring (bicyclic) bond motifs is 2. The van der Waals surface area contributed by atoms with Crippen LogP contribution in [-0.2, 0) is 9.59 Å². The smallest absolute Gasteiger partial charge is 0.246 e. The number of hydrogen-bond donors (Lipinski definition) is 1. The van der Waals surface area contributed by atoms with Crippen LogP contribution < -0.4 is 5.32 Å². The van der Waals surface area contributed by atoms with E-state index in [1.807, 2.05) is 4.90 Å². The van der Waals surface area contributed by atoms with Gasteiger partial charge in [-0.15, -0.1) is 24.2 Å². The second-order valence-corrected chi connectivity index (χ2v) is 9.24. The van der Waals surface area contributed by atoms with Gasteiger partial charge < -0.3 is 15.1 Å². The molecule has 24 heavy (non-hydrogen) atoms. The van der Waals surface area contributed by atoms with E-state index in [-0.39, 0.29) is 35.7 Å². The lowest BCUT2D eigenvalue weighted by atomic mass is 9.91. The van der Waals surface area contributed by atoms with Crippen LogP contribution in [0.1, 0.15) is 46.5 Å². The largest absolute Gasteiger partial charge is 0.334 e. The van der Waals surface area contributed by atoms with Gasteiger partial charge in [-0.25, -0.2) is 0 Å². The molecule has 0 aromatic carbocycles. The molecule has 0 aromatic rings. The number of amides is 2. The van der Waals surface area contributed by atoms with Gasteiger partial charge in [0.2, 0.25) is 11.8 Å². The first-order valence-electron chi connectivity index (χ1n) is 8.77. The molecule has 0 saturated carbocycles. The number of halogens is 1. The summed E-state index contributed by atoms with van der Waals surface area (Å²) in [4.78, 5) is 29.8. The van der Waals surface area contributed by atoms with Gasteiger partial charge in [0, 0.05) is 30.8 Å². The van der Waals surface area contributed by atoms with Crippen LogP contribution in [0.5, 0.6) is 0 Å². The zero-order chi connectivity index (χ0) is 16.6. The summed E-state index contributed by atoms with van der Waals surface area (Å²) in [6.07, 6.45) is 3.76. The van der Waals surface area contributed by atoms with E-state index in [1.54, 1.807) is 11.8 Å². The summed E-state index contributed by atoms with van der Waals surface area (Å²) in [5.41, 5.74) is -0.0382. The van der Waals surface area contributed by atoms with Crippen LogP contribution in [0.4, 0.5) is 0 Å². The van der Waals surface area contributed by atoms with Gasteiger partial charge in [-0.3, -0.25) is 9.59 Å². The van der Waals surface area contributed by atoms with Crippen molar-refractivity contribution in [3.05, 3.63) is 0 Å². The second-order valence-electron chi connectivity index (χ2n) is 8.24. The SMILES string of the molecule is CC(C)(C)CC(=O)N1CSCC1C(=O)N1C2CCNCC1CC2.Cl. The molecular formula is C17H30ClN3O2S. The van der Waals surface area contributed by atoms with E-state index < -0.39 is 0 Å². The zero-order valence-electron chi connectivity index (χ0n) is 14.9. The predicted molar refractivity (Wildman–Crippen MR) is 100 cm³/mol. The molecule has 3 aliphatic heterocycles. The molecule has 3 unspecified atom stereocenters. The molecule has 3 atom stereocenters. The van der Waals surface area contributed by atoms with Crippen molar-refractivity contribution < 1.29 is 9.59 Å².